The highest BCUT2D eigenvalue weighted by atomic mass is 16.5. The van der Waals surface area contributed by atoms with E-state index in [2.05, 4.69) is 5.32 Å². The normalized spacial score (nSPS) is 12.9. The van der Waals surface area contributed by atoms with Gasteiger partial charge in [-0.3, -0.25) is 9.59 Å². The van der Waals surface area contributed by atoms with Gasteiger partial charge in [0.25, 0.3) is 5.91 Å². The number of nitrogens with one attached hydrogen (secondary N) is 1. The van der Waals surface area contributed by atoms with Crippen LogP contribution in [0.5, 0.6) is 11.5 Å². The van der Waals surface area contributed by atoms with Crippen molar-refractivity contribution < 1.29 is 19.1 Å². The molecule has 1 fully saturated rings. The lowest BCUT2D eigenvalue weighted by molar-refractivity contribution is -0.131. The molecule has 1 saturated carbocycles. The van der Waals surface area contributed by atoms with Crippen LogP contribution in [0, 0.1) is 0 Å². The molecule has 148 valence electrons. The lowest BCUT2D eigenvalue weighted by Crippen LogP contribution is -2.41. The monoisotopic (exact) mass is 382 g/mol. The van der Waals surface area contributed by atoms with Crippen molar-refractivity contribution in [3.8, 4) is 11.5 Å². The van der Waals surface area contributed by atoms with Gasteiger partial charge in [-0.1, -0.05) is 18.2 Å². The third kappa shape index (κ3) is 5.03. The molecule has 0 heterocycles. The molecule has 0 atom stereocenters. The van der Waals surface area contributed by atoms with Crippen LogP contribution in [0.15, 0.2) is 48.5 Å². The van der Waals surface area contributed by atoms with Crippen molar-refractivity contribution in [1.29, 1.82) is 0 Å². The predicted molar refractivity (Wildman–Crippen MR) is 107 cm³/mol. The summed E-state index contributed by atoms with van der Waals surface area (Å²) in [5.41, 5.74) is 1.46. The van der Waals surface area contributed by atoms with Gasteiger partial charge in [0.2, 0.25) is 5.91 Å². The molecule has 0 bridgehead atoms. The molecule has 0 saturated heterocycles. The van der Waals surface area contributed by atoms with Gasteiger partial charge in [0, 0.05) is 23.7 Å². The molecule has 0 spiro atoms. The Labute approximate surface area is 165 Å². The molecular formula is C22H26N2O4. The molecular weight excluding hydrogens is 356 g/mol. The minimum absolute atomic E-state index is 0.0301. The number of benzene rings is 2. The molecule has 1 aliphatic rings. The molecule has 1 N–H and O–H groups in total. The van der Waals surface area contributed by atoms with Gasteiger partial charge >= 0.3 is 0 Å². The van der Waals surface area contributed by atoms with Crippen LogP contribution in [0.2, 0.25) is 0 Å². The van der Waals surface area contributed by atoms with E-state index in [1.165, 1.54) is 0 Å². The standard InChI is InChI=1S/C22H26N2O4/c1-3-28-19-12-8-16(9-13-19)22(26)23-14-21(25)24(18-10-11-18)15-17-6-4-5-7-20(17)27-2/h4-9,12-13,18H,3,10-11,14-15H2,1-2H3,(H,23,26). The lowest BCUT2D eigenvalue weighted by Gasteiger charge is -2.23. The van der Waals surface area contributed by atoms with Gasteiger partial charge in [0.15, 0.2) is 0 Å². The van der Waals surface area contributed by atoms with E-state index in [1.54, 1.807) is 31.4 Å². The quantitative estimate of drug-likeness (QED) is 0.724. The highest BCUT2D eigenvalue weighted by molar-refractivity contribution is 5.96. The van der Waals surface area contributed by atoms with Crippen LogP contribution >= 0.6 is 0 Å². The second-order valence-corrected chi connectivity index (χ2v) is 6.70. The fourth-order valence-corrected chi connectivity index (χ4v) is 3.05. The summed E-state index contributed by atoms with van der Waals surface area (Å²) < 4.78 is 10.8. The Kier molecular flexibility index (Phi) is 6.53. The van der Waals surface area contributed by atoms with Crippen LogP contribution < -0.4 is 14.8 Å². The first-order valence-corrected chi connectivity index (χ1v) is 9.54. The molecule has 0 radical (unpaired) electrons. The third-order valence-corrected chi connectivity index (χ3v) is 4.67. The second-order valence-electron chi connectivity index (χ2n) is 6.70. The first kappa shape index (κ1) is 19.7. The molecule has 28 heavy (non-hydrogen) atoms. The van der Waals surface area contributed by atoms with Gasteiger partial charge in [0.05, 0.1) is 20.3 Å². The summed E-state index contributed by atoms with van der Waals surface area (Å²) in [5, 5.41) is 2.73. The van der Waals surface area contributed by atoms with Crippen molar-refractivity contribution in [2.24, 2.45) is 0 Å². The number of carbonyl (C=O) groups excluding carboxylic acids is 2. The number of rotatable bonds is 9. The van der Waals surface area contributed by atoms with Crippen LogP contribution in [-0.4, -0.2) is 43.0 Å². The molecule has 6 nitrogen and oxygen atoms in total. The summed E-state index contributed by atoms with van der Waals surface area (Å²) in [6.45, 7) is 2.93. The zero-order chi connectivity index (χ0) is 19.9. The zero-order valence-electron chi connectivity index (χ0n) is 16.3. The van der Waals surface area contributed by atoms with E-state index in [-0.39, 0.29) is 24.4 Å². The van der Waals surface area contributed by atoms with E-state index in [9.17, 15) is 9.59 Å². The van der Waals surface area contributed by atoms with E-state index < -0.39 is 0 Å². The van der Waals surface area contributed by atoms with E-state index in [4.69, 9.17) is 9.47 Å². The lowest BCUT2D eigenvalue weighted by atomic mass is 10.2. The fraction of sp³-hybridized carbons (Fsp3) is 0.364. The zero-order valence-corrected chi connectivity index (χ0v) is 16.3. The van der Waals surface area contributed by atoms with Gasteiger partial charge < -0.3 is 19.7 Å². The number of methoxy groups -OCH3 is 1. The smallest absolute Gasteiger partial charge is 0.251 e. The Morgan fingerprint density at radius 3 is 2.46 bits per heavy atom. The summed E-state index contributed by atoms with van der Waals surface area (Å²) in [7, 11) is 1.62. The molecule has 6 heteroatoms. The molecule has 0 aromatic heterocycles. The van der Waals surface area contributed by atoms with Crippen LogP contribution in [-0.2, 0) is 11.3 Å². The molecule has 3 rings (SSSR count). The maximum Gasteiger partial charge on any atom is 0.251 e. The fourth-order valence-electron chi connectivity index (χ4n) is 3.05. The summed E-state index contributed by atoms with van der Waals surface area (Å²) in [6, 6.07) is 14.8. The largest absolute Gasteiger partial charge is 0.496 e. The molecule has 0 aliphatic heterocycles. The summed E-state index contributed by atoms with van der Waals surface area (Å²) in [6.07, 6.45) is 1.99. The first-order valence-electron chi connectivity index (χ1n) is 9.54. The van der Waals surface area contributed by atoms with Crippen molar-refractivity contribution in [3.05, 3.63) is 59.7 Å². The Morgan fingerprint density at radius 1 is 1.11 bits per heavy atom. The maximum absolute atomic E-state index is 12.8. The minimum Gasteiger partial charge on any atom is -0.496 e. The van der Waals surface area contributed by atoms with Crippen LogP contribution in [0.3, 0.4) is 0 Å². The molecule has 1 aliphatic carbocycles. The van der Waals surface area contributed by atoms with E-state index in [1.807, 2.05) is 36.1 Å². The average Bonchev–Trinajstić information content (AvgIpc) is 3.56. The van der Waals surface area contributed by atoms with Crippen LogP contribution in [0.4, 0.5) is 0 Å². The van der Waals surface area contributed by atoms with Crippen LogP contribution in [0.25, 0.3) is 0 Å². The Bertz CT molecular complexity index is 816. The topological polar surface area (TPSA) is 67.9 Å². The third-order valence-electron chi connectivity index (χ3n) is 4.67. The number of carbonyl (C=O) groups is 2. The molecule has 0 unspecified atom stereocenters. The van der Waals surface area contributed by atoms with Gasteiger partial charge in [-0.25, -0.2) is 0 Å². The number of amides is 2. The van der Waals surface area contributed by atoms with Crippen LogP contribution in [0.1, 0.15) is 35.7 Å². The van der Waals surface area contributed by atoms with Crippen molar-refractivity contribution >= 4 is 11.8 Å². The number of nitrogens with zero attached hydrogens (tertiary/aromatic N) is 1. The van der Waals surface area contributed by atoms with E-state index in [0.29, 0.717) is 24.5 Å². The summed E-state index contributed by atoms with van der Waals surface area (Å²) in [5.74, 6) is 1.11. The van der Waals surface area contributed by atoms with Crippen molar-refractivity contribution in [2.45, 2.75) is 32.4 Å². The van der Waals surface area contributed by atoms with Crippen molar-refractivity contribution in [3.63, 3.8) is 0 Å². The highest BCUT2D eigenvalue weighted by Gasteiger charge is 2.33. The molecule has 2 amide bonds. The SMILES string of the molecule is CCOc1ccc(C(=O)NCC(=O)N(Cc2ccccc2OC)C2CC2)cc1. The Hall–Kier alpha value is -3.02. The minimum atomic E-state index is -0.274. The summed E-state index contributed by atoms with van der Waals surface area (Å²) in [4.78, 5) is 26.9. The van der Waals surface area contributed by atoms with E-state index >= 15 is 0 Å². The van der Waals surface area contributed by atoms with Gasteiger partial charge in [-0.2, -0.15) is 0 Å². The number of hydrogen-bond acceptors (Lipinski definition) is 4. The van der Waals surface area contributed by atoms with Crippen molar-refractivity contribution in [1.82, 2.24) is 10.2 Å². The first-order chi connectivity index (χ1) is 13.6. The predicted octanol–water partition coefficient (Wildman–Crippen LogP) is 3.01. The van der Waals surface area contributed by atoms with Gasteiger partial charge in [0.1, 0.15) is 11.5 Å². The Balaban J connectivity index is 1.59. The second kappa shape index (κ2) is 9.26. The van der Waals surface area contributed by atoms with Crippen molar-refractivity contribution in [2.75, 3.05) is 20.3 Å². The molecule has 2 aromatic rings. The average molecular weight is 382 g/mol. The summed E-state index contributed by atoms with van der Waals surface area (Å²) >= 11 is 0. The Morgan fingerprint density at radius 2 is 1.82 bits per heavy atom. The van der Waals surface area contributed by atoms with Gasteiger partial charge in [-0.15, -0.1) is 0 Å². The number of hydrogen-bond donors (Lipinski definition) is 1. The molecule has 2 aromatic carbocycles. The highest BCUT2D eigenvalue weighted by Crippen LogP contribution is 2.30. The number of para-hydroxylation sites is 1. The van der Waals surface area contributed by atoms with Gasteiger partial charge in [-0.05, 0) is 50.1 Å². The number of ether oxygens (including phenoxy) is 2. The maximum atomic E-state index is 12.8. The van der Waals surface area contributed by atoms with E-state index in [0.717, 1.165) is 24.2 Å².